The van der Waals surface area contributed by atoms with Crippen molar-refractivity contribution in [3.05, 3.63) is 24.3 Å². The molecule has 0 bridgehead atoms. The number of carbonyl (C=O) groups excluding carboxylic acids is 2. The summed E-state index contributed by atoms with van der Waals surface area (Å²) in [5.41, 5.74) is 0.119. The maximum Gasteiger partial charge on any atom is 0.322 e. The second kappa shape index (κ2) is 5.32. The summed E-state index contributed by atoms with van der Waals surface area (Å²) in [7, 11) is -4.07. The topological polar surface area (TPSA) is 106 Å². The third-order valence-electron chi connectivity index (χ3n) is 3.28. The van der Waals surface area contributed by atoms with Gasteiger partial charge in [-0.1, -0.05) is 13.2 Å². The monoisotopic (exact) mass is 300 g/mol. The summed E-state index contributed by atoms with van der Waals surface area (Å²) < 4.78 is 23.9. The Labute approximate surface area is 117 Å². The zero-order valence-corrected chi connectivity index (χ0v) is 12.1. The van der Waals surface area contributed by atoms with Crippen molar-refractivity contribution in [2.24, 2.45) is 11.8 Å². The first-order valence-corrected chi connectivity index (χ1v) is 7.56. The summed E-state index contributed by atoms with van der Waals surface area (Å²) in [4.78, 5) is 35.3. The van der Waals surface area contributed by atoms with E-state index in [9.17, 15) is 22.8 Å². The highest BCUT2D eigenvalue weighted by molar-refractivity contribution is 7.93. The van der Waals surface area contributed by atoms with Gasteiger partial charge in [0.1, 0.15) is 0 Å². The Bertz CT molecular complexity index is 613. The molecule has 1 fully saturated rings. The summed E-state index contributed by atoms with van der Waals surface area (Å²) in [5.74, 6) is -6.22. The molecule has 1 heterocycles. The van der Waals surface area contributed by atoms with E-state index in [1.807, 2.05) is 0 Å². The van der Waals surface area contributed by atoms with Gasteiger partial charge in [0.25, 0.3) is 0 Å². The molecule has 0 aromatic carbocycles. The van der Waals surface area contributed by atoms with E-state index in [0.717, 1.165) is 0 Å². The van der Waals surface area contributed by atoms with Crippen LogP contribution in [0.3, 0.4) is 0 Å². The van der Waals surface area contributed by atoms with E-state index in [-0.39, 0.29) is 11.1 Å². The van der Waals surface area contributed by atoms with Crippen molar-refractivity contribution in [1.29, 1.82) is 0 Å². The van der Waals surface area contributed by atoms with Crippen LogP contribution in [-0.2, 0) is 24.2 Å². The van der Waals surface area contributed by atoms with Gasteiger partial charge >= 0.3 is 5.97 Å². The number of carboxylic acid groups (broad SMARTS) is 1. The van der Waals surface area contributed by atoms with Gasteiger partial charge in [-0.05, 0) is 25.0 Å². The number of sulfone groups is 1. The Morgan fingerprint density at radius 1 is 1.05 bits per heavy atom. The molecule has 1 aliphatic rings. The van der Waals surface area contributed by atoms with Crippen molar-refractivity contribution in [3.63, 3.8) is 0 Å². The zero-order valence-electron chi connectivity index (χ0n) is 11.3. The molecule has 1 N–H and O–H groups in total. The molecule has 3 atom stereocenters. The molecule has 0 radical (unpaired) electrons. The second-order valence-corrected chi connectivity index (χ2v) is 7.18. The molecule has 20 heavy (non-hydrogen) atoms. The highest BCUT2D eigenvalue weighted by Crippen LogP contribution is 2.36. The standard InChI is InChI=1S/C13H16O6S/c1-6(2)10(14)8-5-20(18,19)12(13(16)17)9(8)11(15)7(3)4/h8-9,12H,1,3,5H2,2,4H3,(H,16,17). The number of carboxylic acids is 1. The molecule has 0 amide bonds. The van der Waals surface area contributed by atoms with Gasteiger partial charge in [0, 0.05) is 5.92 Å². The van der Waals surface area contributed by atoms with E-state index in [4.69, 9.17) is 5.11 Å². The van der Waals surface area contributed by atoms with Crippen molar-refractivity contribution in [1.82, 2.24) is 0 Å². The Hall–Kier alpha value is -1.76. The van der Waals surface area contributed by atoms with Crippen LogP contribution in [0.1, 0.15) is 13.8 Å². The summed E-state index contributed by atoms with van der Waals surface area (Å²) in [6.07, 6.45) is 0. The van der Waals surface area contributed by atoms with Crippen molar-refractivity contribution in [3.8, 4) is 0 Å². The highest BCUT2D eigenvalue weighted by Gasteiger charge is 2.56. The number of hydrogen-bond donors (Lipinski definition) is 1. The summed E-state index contributed by atoms with van der Waals surface area (Å²) in [6.45, 7) is 9.59. The highest BCUT2D eigenvalue weighted by atomic mass is 32.2. The average molecular weight is 300 g/mol. The zero-order chi connectivity index (χ0) is 15.8. The molecule has 1 aliphatic heterocycles. The molecule has 7 heteroatoms. The number of aliphatic carboxylic acids is 1. The average Bonchev–Trinajstić information content (AvgIpc) is 2.58. The lowest BCUT2D eigenvalue weighted by molar-refractivity contribution is -0.140. The third-order valence-corrected chi connectivity index (χ3v) is 5.37. The number of allylic oxidation sites excluding steroid dienone is 2. The Balaban J connectivity index is 3.42. The van der Waals surface area contributed by atoms with E-state index in [2.05, 4.69) is 13.2 Å². The minimum Gasteiger partial charge on any atom is -0.480 e. The van der Waals surface area contributed by atoms with Crippen LogP contribution in [0.2, 0.25) is 0 Å². The molecule has 0 aromatic rings. The maximum atomic E-state index is 12.1. The van der Waals surface area contributed by atoms with Crippen LogP contribution in [0.4, 0.5) is 0 Å². The second-order valence-electron chi connectivity index (χ2n) is 5.01. The first-order chi connectivity index (χ1) is 9.00. The number of Topliss-reactive ketones (excluding diaryl/α,β-unsaturated/α-hetero) is 2. The molecular weight excluding hydrogens is 284 g/mol. The minimum absolute atomic E-state index is 0.0258. The smallest absolute Gasteiger partial charge is 0.322 e. The number of hydrogen-bond acceptors (Lipinski definition) is 5. The molecule has 1 saturated heterocycles. The fourth-order valence-electron chi connectivity index (χ4n) is 2.36. The third kappa shape index (κ3) is 2.72. The van der Waals surface area contributed by atoms with Crippen molar-refractivity contribution in [2.75, 3.05) is 5.75 Å². The normalized spacial score (nSPS) is 27.8. The Morgan fingerprint density at radius 2 is 1.50 bits per heavy atom. The summed E-state index contributed by atoms with van der Waals surface area (Å²) in [6, 6.07) is 0. The van der Waals surface area contributed by atoms with E-state index >= 15 is 0 Å². The van der Waals surface area contributed by atoms with E-state index in [0.29, 0.717) is 0 Å². The van der Waals surface area contributed by atoms with Crippen LogP contribution in [0.5, 0.6) is 0 Å². The van der Waals surface area contributed by atoms with Gasteiger partial charge < -0.3 is 5.11 Å². The van der Waals surface area contributed by atoms with Gasteiger partial charge in [0.15, 0.2) is 26.7 Å². The van der Waals surface area contributed by atoms with E-state index in [1.54, 1.807) is 0 Å². The number of ketones is 2. The van der Waals surface area contributed by atoms with Gasteiger partial charge in [0.05, 0.1) is 11.7 Å². The van der Waals surface area contributed by atoms with Gasteiger partial charge in [-0.2, -0.15) is 0 Å². The van der Waals surface area contributed by atoms with Crippen molar-refractivity contribution in [2.45, 2.75) is 19.1 Å². The molecule has 110 valence electrons. The Morgan fingerprint density at radius 3 is 1.85 bits per heavy atom. The van der Waals surface area contributed by atoms with E-state index in [1.165, 1.54) is 13.8 Å². The van der Waals surface area contributed by atoms with Crippen LogP contribution in [0.25, 0.3) is 0 Å². The SMILES string of the molecule is C=C(C)C(=O)C1CS(=O)(=O)C(C(=O)O)C1C(=O)C(=C)C. The molecule has 0 spiro atoms. The predicted octanol–water partition coefficient (Wildman–Crippen LogP) is 0.391. The predicted molar refractivity (Wildman–Crippen MR) is 71.8 cm³/mol. The molecular formula is C13H16O6S. The molecule has 0 saturated carbocycles. The molecule has 0 aromatic heterocycles. The van der Waals surface area contributed by atoms with Crippen LogP contribution < -0.4 is 0 Å². The van der Waals surface area contributed by atoms with E-state index < -0.39 is 50.2 Å². The van der Waals surface area contributed by atoms with Gasteiger partial charge in [-0.15, -0.1) is 0 Å². The fourth-order valence-corrected chi connectivity index (χ4v) is 4.49. The first kappa shape index (κ1) is 16.3. The largest absolute Gasteiger partial charge is 0.480 e. The van der Waals surface area contributed by atoms with Crippen molar-refractivity contribution < 1.29 is 27.9 Å². The van der Waals surface area contributed by atoms with Crippen LogP contribution in [0.15, 0.2) is 24.3 Å². The van der Waals surface area contributed by atoms with Gasteiger partial charge in [-0.25, -0.2) is 8.42 Å². The Kier molecular flexibility index (Phi) is 4.33. The lowest BCUT2D eigenvalue weighted by Gasteiger charge is -2.19. The molecule has 0 aliphatic carbocycles. The number of carbonyl (C=O) groups is 3. The van der Waals surface area contributed by atoms with Gasteiger partial charge in [0.2, 0.25) is 0 Å². The van der Waals surface area contributed by atoms with Crippen molar-refractivity contribution >= 4 is 27.4 Å². The van der Waals surface area contributed by atoms with Gasteiger partial charge in [-0.3, -0.25) is 14.4 Å². The maximum absolute atomic E-state index is 12.1. The van der Waals surface area contributed by atoms with Crippen LogP contribution in [0, 0.1) is 11.8 Å². The quantitative estimate of drug-likeness (QED) is 0.736. The lowest BCUT2D eigenvalue weighted by Crippen LogP contribution is -2.39. The van der Waals surface area contributed by atoms with Crippen LogP contribution in [-0.4, -0.2) is 42.1 Å². The first-order valence-electron chi connectivity index (χ1n) is 5.84. The molecule has 6 nitrogen and oxygen atoms in total. The van der Waals surface area contributed by atoms with Crippen LogP contribution >= 0.6 is 0 Å². The molecule has 1 rings (SSSR count). The fraction of sp³-hybridized carbons (Fsp3) is 0.462. The minimum atomic E-state index is -4.07. The summed E-state index contributed by atoms with van der Waals surface area (Å²) >= 11 is 0. The lowest BCUT2D eigenvalue weighted by atomic mass is 9.81. The summed E-state index contributed by atoms with van der Waals surface area (Å²) in [5, 5.41) is 7.19. The molecule has 3 unspecified atom stereocenters. The number of rotatable bonds is 5.